The Bertz CT molecular complexity index is 642. The summed E-state index contributed by atoms with van der Waals surface area (Å²) >= 11 is 0. The van der Waals surface area contributed by atoms with Gasteiger partial charge in [-0.3, -0.25) is 9.78 Å². The van der Waals surface area contributed by atoms with Gasteiger partial charge in [0.25, 0.3) is 0 Å². The van der Waals surface area contributed by atoms with Crippen LogP contribution in [0.2, 0.25) is 0 Å². The first kappa shape index (κ1) is 15.8. The maximum Gasteiger partial charge on any atom is 0.224 e. The van der Waals surface area contributed by atoms with Crippen LogP contribution in [0.15, 0.2) is 36.5 Å². The van der Waals surface area contributed by atoms with E-state index in [1.54, 1.807) is 20.4 Å². The number of amides is 1. The Hall–Kier alpha value is -2.56. The normalized spacial score (nSPS) is 10.1. The molecule has 0 saturated heterocycles. The lowest BCUT2D eigenvalue weighted by molar-refractivity contribution is -0.120. The van der Waals surface area contributed by atoms with Gasteiger partial charge in [0.1, 0.15) is 11.5 Å². The summed E-state index contributed by atoms with van der Waals surface area (Å²) < 4.78 is 10.7. The molecular formula is C17H20N2O3. The first-order valence-electron chi connectivity index (χ1n) is 7.02. The molecular weight excluding hydrogens is 280 g/mol. The predicted octanol–water partition coefficient (Wildman–Crippen LogP) is 2.27. The van der Waals surface area contributed by atoms with E-state index < -0.39 is 0 Å². The van der Waals surface area contributed by atoms with Crippen LogP contribution >= 0.6 is 0 Å². The number of rotatable bonds is 6. The summed E-state index contributed by atoms with van der Waals surface area (Å²) in [7, 11) is 3.21. The fraction of sp³-hybridized carbons (Fsp3) is 0.294. The average molecular weight is 300 g/mol. The Labute approximate surface area is 130 Å². The third-order valence-corrected chi connectivity index (χ3v) is 3.41. The molecule has 1 N–H and O–H groups in total. The van der Waals surface area contributed by atoms with Crippen molar-refractivity contribution >= 4 is 5.91 Å². The summed E-state index contributed by atoms with van der Waals surface area (Å²) in [6.45, 7) is 2.32. The van der Waals surface area contributed by atoms with E-state index >= 15 is 0 Å². The summed E-state index contributed by atoms with van der Waals surface area (Å²) in [6, 6.07) is 9.31. The third kappa shape index (κ3) is 3.75. The number of ether oxygens (including phenoxy) is 2. The quantitative estimate of drug-likeness (QED) is 0.889. The fourth-order valence-electron chi connectivity index (χ4n) is 2.30. The monoisotopic (exact) mass is 300 g/mol. The number of methoxy groups -OCH3 is 2. The topological polar surface area (TPSA) is 60.5 Å². The van der Waals surface area contributed by atoms with Gasteiger partial charge >= 0.3 is 0 Å². The zero-order valence-electron chi connectivity index (χ0n) is 13.1. The summed E-state index contributed by atoms with van der Waals surface area (Å²) in [5.74, 6) is 1.36. The van der Waals surface area contributed by atoms with Gasteiger partial charge in [-0.05, 0) is 25.1 Å². The van der Waals surface area contributed by atoms with Crippen LogP contribution in [-0.2, 0) is 17.8 Å². The molecule has 1 amide bonds. The molecule has 1 aromatic carbocycles. The Morgan fingerprint density at radius 3 is 2.64 bits per heavy atom. The van der Waals surface area contributed by atoms with Crippen molar-refractivity contribution in [2.45, 2.75) is 19.9 Å². The van der Waals surface area contributed by atoms with Crippen LogP contribution in [0.4, 0.5) is 0 Å². The Morgan fingerprint density at radius 2 is 2.00 bits per heavy atom. The second-order valence-electron chi connectivity index (χ2n) is 4.86. The van der Waals surface area contributed by atoms with Crippen LogP contribution in [0.1, 0.15) is 16.8 Å². The van der Waals surface area contributed by atoms with E-state index in [0.29, 0.717) is 12.3 Å². The first-order valence-corrected chi connectivity index (χ1v) is 7.02. The minimum Gasteiger partial charge on any atom is -0.496 e. The molecule has 0 unspecified atom stereocenters. The Morgan fingerprint density at radius 1 is 1.18 bits per heavy atom. The smallest absolute Gasteiger partial charge is 0.224 e. The summed E-state index contributed by atoms with van der Waals surface area (Å²) in [5, 5.41) is 2.86. The van der Waals surface area contributed by atoms with Crippen molar-refractivity contribution in [3.05, 3.63) is 53.3 Å². The number of carbonyl (C=O) groups excluding carboxylic acids is 1. The maximum atomic E-state index is 12.1. The van der Waals surface area contributed by atoms with Crippen molar-refractivity contribution < 1.29 is 14.3 Å². The Kier molecular flexibility index (Phi) is 5.36. The molecule has 5 heteroatoms. The van der Waals surface area contributed by atoms with Gasteiger partial charge in [-0.2, -0.15) is 0 Å². The molecule has 1 heterocycles. The van der Waals surface area contributed by atoms with Gasteiger partial charge in [-0.15, -0.1) is 0 Å². The second kappa shape index (κ2) is 7.45. The molecule has 0 radical (unpaired) electrons. The number of nitrogens with one attached hydrogen (secondary N) is 1. The molecule has 0 saturated carbocycles. The standard InChI is InChI=1S/C17H20N2O3/c1-12-15(21-2)8-7-13(17(12)22-3)10-16(20)19-11-14-6-4-5-9-18-14/h4-9H,10-11H2,1-3H3,(H,19,20). The van der Waals surface area contributed by atoms with Crippen LogP contribution in [0.25, 0.3) is 0 Å². The lowest BCUT2D eigenvalue weighted by Gasteiger charge is -2.14. The molecule has 22 heavy (non-hydrogen) atoms. The number of aromatic nitrogens is 1. The van der Waals surface area contributed by atoms with E-state index in [1.165, 1.54) is 0 Å². The zero-order chi connectivity index (χ0) is 15.9. The molecule has 2 aromatic rings. The highest BCUT2D eigenvalue weighted by Gasteiger charge is 2.14. The fourth-order valence-corrected chi connectivity index (χ4v) is 2.30. The van der Waals surface area contributed by atoms with Crippen LogP contribution in [0.5, 0.6) is 11.5 Å². The van der Waals surface area contributed by atoms with E-state index in [0.717, 1.165) is 22.6 Å². The van der Waals surface area contributed by atoms with E-state index in [1.807, 2.05) is 37.3 Å². The lowest BCUT2D eigenvalue weighted by Crippen LogP contribution is -2.25. The van der Waals surface area contributed by atoms with E-state index in [4.69, 9.17) is 9.47 Å². The average Bonchev–Trinajstić information content (AvgIpc) is 2.54. The molecule has 5 nitrogen and oxygen atoms in total. The van der Waals surface area contributed by atoms with E-state index in [2.05, 4.69) is 10.3 Å². The van der Waals surface area contributed by atoms with Gasteiger partial charge in [0.05, 0.1) is 32.9 Å². The maximum absolute atomic E-state index is 12.1. The lowest BCUT2D eigenvalue weighted by atomic mass is 10.1. The van der Waals surface area contributed by atoms with Gasteiger partial charge in [0, 0.05) is 17.3 Å². The summed E-state index contributed by atoms with van der Waals surface area (Å²) in [5.41, 5.74) is 2.55. The first-order chi connectivity index (χ1) is 10.7. The molecule has 0 aliphatic rings. The molecule has 116 valence electrons. The third-order valence-electron chi connectivity index (χ3n) is 3.41. The van der Waals surface area contributed by atoms with Gasteiger partial charge in [0.15, 0.2) is 0 Å². The number of pyridine rings is 1. The second-order valence-corrected chi connectivity index (χ2v) is 4.86. The van der Waals surface area contributed by atoms with Crippen molar-refractivity contribution in [1.29, 1.82) is 0 Å². The van der Waals surface area contributed by atoms with Crippen LogP contribution in [0, 0.1) is 6.92 Å². The SMILES string of the molecule is COc1ccc(CC(=O)NCc2ccccn2)c(OC)c1C. The van der Waals surface area contributed by atoms with Crippen molar-refractivity contribution in [3.8, 4) is 11.5 Å². The van der Waals surface area contributed by atoms with Crippen molar-refractivity contribution in [3.63, 3.8) is 0 Å². The van der Waals surface area contributed by atoms with Gasteiger partial charge in [-0.25, -0.2) is 0 Å². The van der Waals surface area contributed by atoms with Crippen molar-refractivity contribution in [2.24, 2.45) is 0 Å². The molecule has 0 aliphatic carbocycles. The number of carbonyl (C=O) groups is 1. The minimum absolute atomic E-state index is 0.0754. The number of nitrogens with zero attached hydrogens (tertiary/aromatic N) is 1. The van der Waals surface area contributed by atoms with Gasteiger partial charge < -0.3 is 14.8 Å². The Balaban J connectivity index is 2.04. The number of benzene rings is 1. The molecule has 0 bridgehead atoms. The molecule has 0 fully saturated rings. The number of hydrogen-bond donors (Lipinski definition) is 1. The highest BCUT2D eigenvalue weighted by Crippen LogP contribution is 2.31. The molecule has 0 aliphatic heterocycles. The molecule has 2 rings (SSSR count). The zero-order valence-corrected chi connectivity index (χ0v) is 13.1. The van der Waals surface area contributed by atoms with Crippen molar-refractivity contribution in [1.82, 2.24) is 10.3 Å². The predicted molar refractivity (Wildman–Crippen MR) is 84.1 cm³/mol. The summed E-state index contributed by atoms with van der Waals surface area (Å²) in [4.78, 5) is 16.3. The number of hydrogen-bond acceptors (Lipinski definition) is 4. The summed E-state index contributed by atoms with van der Waals surface area (Å²) in [6.07, 6.45) is 1.96. The molecule has 1 aromatic heterocycles. The van der Waals surface area contributed by atoms with Crippen LogP contribution in [-0.4, -0.2) is 25.1 Å². The highest BCUT2D eigenvalue weighted by atomic mass is 16.5. The highest BCUT2D eigenvalue weighted by molar-refractivity contribution is 5.79. The molecule has 0 spiro atoms. The van der Waals surface area contributed by atoms with E-state index in [-0.39, 0.29) is 12.3 Å². The van der Waals surface area contributed by atoms with Crippen LogP contribution in [0.3, 0.4) is 0 Å². The molecule has 0 atom stereocenters. The van der Waals surface area contributed by atoms with Crippen LogP contribution < -0.4 is 14.8 Å². The van der Waals surface area contributed by atoms with Gasteiger partial charge in [0.2, 0.25) is 5.91 Å². The largest absolute Gasteiger partial charge is 0.496 e. The minimum atomic E-state index is -0.0754. The van der Waals surface area contributed by atoms with Gasteiger partial charge in [-0.1, -0.05) is 12.1 Å². The van der Waals surface area contributed by atoms with Crippen molar-refractivity contribution in [2.75, 3.05) is 14.2 Å². The van der Waals surface area contributed by atoms with E-state index in [9.17, 15) is 4.79 Å².